The van der Waals surface area contributed by atoms with E-state index in [4.69, 9.17) is 10.5 Å². The van der Waals surface area contributed by atoms with Gasteiger partial charge in [0.05, 0.1) is 5.56 Å². The third kappa shape index (κ3) is 4.10. The lowest BCUT2D eigenvalue weighted by Gasteiger charge is -2.10. The third-order valence-corrected chi connectivity index (χ3v) is 3.69. The lowest BCUT2D eigenvalue weighted by Crippen LogP contribution is -2.12. The fourth-order valence-corrected chi connectivity index (χ4v) is 2.29. The molecule has 3 N–H and O–H groups in total. The van der Waals surface area contributed by atoms with Crippen LogP contribution in [0.1, 0.15) is 29.6 Å². The van der Waals surface area contributed by atoms with Crippen LogP contribution in [0.2, 0.25) is 0 Å². The van der Waals surface area contributed by atoms with Gasteiger partial charge in [-0.15, -0.1) is 0 Å². The quantitative estimate of drug-likeness (QED) is 0.858. The van der Waals surface area contributed by atoms with Gasteiger partial charge >= 0.3 is 0 Å². The summed E-state index contributed by atoms with van der Waals surface area (Å²) in [7, 11) is 0. The summed E-state index contributed by atoms with van der Waals surface area (Å²) in [4.78, 5) is 23.1. The summed E-state index contributed by atoms with van der Waals surface area (Å²) in [6.45, 7) is 0. The molecule has 0 aromatic heterocycles. The van der Waals surface area contributed by atoms with Gasteiger partial charge in [-0.25, -0.2) is 0 Å². The molecule has 3 rings (SSSR count). The van der Waals surface area contributed by atoms with Gasteiger partial charge in [0.2, 0.25) is 5.91 Å². The Hall–Kier alpha value is -2.82. The Balaban J connectivity index is 1.65. The van der Waals surface area contributed by atoms with Crippen molar-refractivity contribution in [2.24, 2.45) is 11.7 Å². The van der Waals surface area contributed by atoms with Gasteiger partial charge in [0.25, 0.3) is 5.91 Å². The minimum atomic E-state index is -0.537. The van der Waals surface area contributed by atoms with Crippen molar-refractivity contribution in [1.29, 1.82) is 0 Å². The number of nitrogens with one attached hydrogen (secondary N) is 1. The highest BCUT2D eigenvalue weighted by Gasteiger charge is 2.24. The molecule has 2 aromatic carbocycles. The summed E-state index contributed by atoms with van der Waals surface area (Å²) in [5, 5.41) is 2.87. The van der Waals surface area contributed by atoms with Crippen molar-refractivity contribution in [1.82, 2.24) is 0 Å². The van der Waals surface area contributed by atoms with Crippen LogP contribution in [0, 0.1) is 5.92 Å². The molecular formula is C18H18N2O3. The molecule has 0 radical (unpaired) electrons. The summed E-state index contributed by atoms with van der Waals surface area (Å²) in [5.74, 6) is 1.04. The number of hydrogen-bond acceptors (Lipinski definition) is 3. The van der Waals surface area contributed by atoms with Crippen LogP contribution in [-0.2, 0) is 4.79 Å². The topological polar surface area (TPSA) is 81.4 Å². The van der Waals surface area contributed by atoms with Gasteiger partial charge in [0.1, 0.15) is 11.5 Å². The number of amides is 2. The minimum absolute atomic E-state index is 0.0419. The van der Waals surface area contributed by atoms with Gasteiger partial charge < -0.3 is 15.8 Å². The predicted molar refractivity (Wildman–Crippen MR) is 87.4 cm³/mol. The second kappa shape index (κ2) is 6.52. The van der Waals surface area contributed by atoms with E-state index in [0.29, 0.717) is 29.4 Å². The standard InChI is InChI=1S/C18H18N2O3/c19-18(22)15-3-1-2-4-16(15)23-14-9-7-13(8-10-14)20-17(21)11-12-5-6-12/h1-4,7-10,12H,5-6,11H2,(H2,19,22)(H,20,21). The summed E-state index contributed by atoms with van der Waals surface area (Å²) in [6, 6.07) is 13.8. The zero-order valence-corrected chi connectivity index (χ0v) is 12.6. The summed E-state index contributed by atoms with van der Waals surface area (Å²) < 4.78 is 5.69. The Morgan fingerprint density at radius 3 is 2.43 bits per heavy atom. The zero-order valence-electron chi connectivity index (χ0n) is 12.6. The number of hydrogen-bond donors (Lipinski definition) is 2. The van der Waals surface area contributed by atoms with Crippen LogP contribution in [0.3, 0.4) is 0 Å². The molecule has 1 aliphatic rings. The lowest BCUT2D eigenvalue weighted by atomic mass is 10.2. The van der Waals surface area contributed by atoms with Crippen molar-refractivity contribution in [2.75, 3.05) is 5.32 Å². The molecule has 0 atom stereocenters. The van der Waals surface area contributed by atoms with Gasteiger partial charge in [-0.2, -0.15) is 0 Å². The van der Waals surface area contributed by atoms with Gasteiger partial charge in [-0.3, -0.25) is 9.59 Å². The van der Waals surface area contributed by atoms with Crippen LogP contribution in [0.15, 0.2) is 48.5 Å². The van der Waals surface area contributed by atoms with E-state index in [0.717, 1.165) is 18.5 Å². The SMILES string of the molecule is NC(=O)c1ccccc1Oc1ccc(NC(=O)CC2CC2)cc1. The average molecular weight is 310 g/mol. The van der Waals surface area contributed by atoms with E-state index in [1.165, 1.54) is 0 Å². The molecule has 0 saturated heterocycles. The minimum Gasteiger partial charge on any atom is -0.457 e. The highest BCUT2D eigenvalue weighted by Crippen LogP contribution is 2.32. The molecule has 1 aliphatic carbocycles. The van der Waals surface area contributed by atoms with Gasteiger partial charge in [-0.05, 0) is 55.2 Å². The number of carbonyl (C=O) groups excluding carboxylic acids is 2. The van der Waals surface area contributed by atoms with E-state index in [1.807, 2.05) is 0 Å². The summed E-state index contributed by atoms with van der Waals surface area (Å²) in [6.07, 6.45) is 2.89. The van der Waals surface area contributed by atoms with Crippen LogP contribution in [0.4, 0.5) is 5.69 Å². The van der Waals surface area contributed by atoms with Gasteiger partial charge in [-0.1, -0.05) is 12.1 Å². The van der Waals surface area contributed by atoms with Gasteiger partial charge in [0, 0.05) is 12.1 Å². The Bertz CT molecular complexity index is 721. The highest BCUT2D eigenvalue weighted by atomic mass is 16.5. The van der Waals surface area contributed by atoms with Crippen LogP contribution in [-0.4, -0.2) is 11.8 Å². The lowest BCUT2D eigenvalue weighted by molar-refractivity contribution is -0.116. The maximum absolute atomic E-state index is 11.8. The maximum Gasteiger partial charge on any atom is 0.252 e. The van der Waals surface area contributed by atoms with E-state index in [2.05, 4.69) is 5.32 Å². The largest absolute Gasteiger partial charge is 0.457 e. The molecule has 0 aliphatic heterocycles. The van der Waals surface area contributed by atoms with Crippen molar-refractivity contribution in [3.8, 4) is 11.5 Å². The molecule has 1 fully saturated rings. The number of benzene rings is 2. The summed E-state index contributed by atoms with van der Waals surface area (Å²) >= 11 is 0. The first kappa shape index (κ1) is 15.1. The van der Waals surface area contributed by atoms with Crippen molar-refractivity contribution < 1.29 is 14.3 Å². The molecule has 5 heteroatoms. The molecule has 1 saturated carbocycles. The molecule has 0 heterocycles. The first-order chi connectivity index (χ1) is 11.1. The Morgan fingerprint density at radius 2 is 1.78 bits per heavy atom. The molecule has 2 aromatic rings. The maximum atomic E-state index is 11.8. The molecule has 118 valence electrons. The van der Waals surface area contributed by atoms with Crippen LogP contribution in [0.25, 0.3) is 0 Å². The second-order valence-corrected chi connectivity index (χ2v) is 5.68. The first-order valence-corrected chi connectivity index (χ1v) is 7.58. The number of carbonyl (C=O) groups is 2. The van der Waals surface area contributed by atoms with E-state index in [-0.39, 0.29) is 5.91 Å². The van der Waals surface area contributed by atoms with Crippen molar-refractivity contribution in [2.45, 2.75) is 19.3 Å². The zero-order chi connectivity index (χ0) is 16.2. The Labute approximate surface area is 134 Å². The second-order valence-electron chi connectivity index (χ2n) is 5.68. The fraction of sp³-hybridized carbons (Fsp3) is 0.222. The van der Waals surface area contributed by atoms with Crippen molar-refractivity contribution in [3.05, 3.63) is 54.1 Å². The van der Waals surface area contributed by atoms with E-state index < -0.39 is 5.91 Å². The molecular weight excluding hydrogens is 292 g/mol. The molecule has 2 amide bonds. The number of para-hydroxylation sites is 1. The normalized spacial score (nSPS) is 13.4. The monoisotopic (exact) mass is 310 g/mol. The Morgan fingerprint density at radius 1 is 1.09 bits per heavy atom. The van der Waals surface area contributed by atoms with Crippen molar-refractivity contribution in [3.63, 3.8) is 0 Å². The van der Waals surface area contributed by atoms with E-state index in [1.54, 1.807) is 48.5 Å². The predicted octanol–water partition coefficient (Wildman–Crippen LogP) is 3.32. The molecule has 0 bridgehead atoms. The number of rotatable bonds is 6. The van der Waals surface area contributed by atoms with E-state index in [9.17, 15) is 9.59 Å². The van der Waals surface area contributed by atoms with Crippen LogP contribution in [0.5, 0.6) is 11.5 Å². The third-order valence-electron chi connectivity index (χ3n) is 3.69. The smallest absolute Gasteiger partial charge is 0.252 e. The highest BCUT2D eigenvalue weighted by molar-refractivity contribution is 5.95. The number of primary amides is 1. The van der Waals surface area contributed by atoms with Crippen molar-refractivity contribution >= 4 is 17.5 Å². The number of ether oxygens (including phenoxy) is 1. The van der Waals surface area contributed by atoms with E-state index >= 15 is 0 Å². The molecule has 0 spiro atoms. The van der Waals surface area contributed by atoms with Crippen LogP contribution < -0.4 is 15.8 Å². The number of anilines is 1. The van der Waals surface area contributed by atoms with Crippen LogP contribution >= 0.6 is 0 Å². The Kier molecular flexibility index (Phi) is 4.28. The molecule has 23 heavy (non-hydrogen) atoms. The van der Waals surface area contributed by atoms with Gasteiger partial charge in [0.15, 0.2) is 0 Å². The summed E-state index contributed by atoms with van der Waals surface area (Å²) in [5.41, 5.74) is 6.38. The molecule has 5 nitrogen and oxygen atoms in total. The number of nitrogens with two attached hydrogens (primary N) is 1. The molecule has 0 unspecified atom stereocenters. The first-order valence-electron chi connectivity index (χ1n) is 7.58. The average Bonchev–Trinajstić information content (AvgIpc) is 3.33. The fourth-order valence-electron chi connectivity index (χ4n) is 2.29.